The van der Waals surface area contributed by atoms with E-state index in [1.54, 1.807) is 12.2 Å². The highest BCUT2D eigenvalue weighted by molar-refractivity contribution is 8.26. The van der Waals surface area contributed by atoms with E-state index < -0.39 is 5.97 Å². The van der Waals surface area contributed by atoms with Crippen molar-refractivity contribution in [2.45, 2.75) is 12.8 Å². The predicted molar refractivity (Wildman–Crippen MR) is 96.3 cm³/mol. The number of benzene rings is 1. The minimum absolute atomic E-state index is 0.0950. The van der Waals surface area contributed by atoms with Crippen LogP contribution < -0.4 is 9.84 Å². The molecule has 5 nitrogen and oxygen atoms in total. The summed E-state index contributed by atoms with van der Waals surface area (Å²) in [5.41, 5.74) is 0.858. The molecule has 1 fully saturated rings. The number of thiocarbonyl (C=S) groups is 1. The molecule has 0 aliphatic carbocycles. The van der Waals surface area contributed by atoms with Gasteiger partial charge >= 0.3 is 0 Å². The van der Waals surface area contributed by atoms with Crippen LogP contribution in [0.5, 0.6) is 5.75 Å². The van der Waals surface area contributed by atoms with Crippen LogP contribution in [0.4, 0.5) is 0 Å². The first-order valence-corrected chi connectivity index (χ1v) is 8.52. The van der Waals surface area contributed by atoms with Gasteiger partial charge in [-0.25, -0.2) is 0 Å². The maximum Gasteiger partial charge on any atom is 0.266 e. The van der Waals surface area contributed by atoms with Gasteiger partial charge in [0.25, 0.3) is 5.91 Å². The molecule has 7 heteroatoms. The van der Waals surface area contributed by atoms with E-state index in [0.717, 1.165) is 11.3 Å². The largest absolute Gasteiger partial charge is 0.550 e. The minimum atomic E-state index is -1.13. The van der Waals surface area contributed by atoms with Crippen molar-refractivity contribution in [3.05, 3.63) is 47.4 Å². The summed E-state index contributed by atoms with van der Waals surface area (Å²) in [6.45, 7) is 4.30. The first-order chi connectivity index (χ1) is 11.5. The molecule has 1 aromatic rings. The van der Waals surface area contributed by atoms with Gasteiger partial charge < -0.3 is 14.6 Å². The molecule has 1 aliphatic heterocycles. The first kappa shape index (κ1) is 18.2. The van der Waals surface area contributed by atoms with E-state index in [2.05, 4.69) is 6.58 Å². The molecule has 126 valence electrons. The Morgan fingerprint density at radius 2 is 2.08 bits per heavy atom. The van der Waals surface area contributed by atoms with E-state index in [1.807, 2.05) is 24.3 Å². The molecule has 0 radical (unpaired) electrons. The second-order valence-electron chi connectivity index (χ2n) is 4.98. The third-order valence-corrected chi connectivity index (χ3v) is 4.56. The number of aliphatic carboxylic acids is 1. The fraction of sp³-hybridized carbons (Fsp3) is 0.235. The maximum atomic E-state index is 12.4. The van der Waals surface area contributed by atoms with Crippen LogP contribution in [0.25, 0.3) is 6.08 Å². The molecule has 24 heavy (non-hydrogen) atoms. The predicted octanol–water partition coefficient (Wildman–Crippen LogP) is 1.98. The van der Waals surface area contributed by atoms with Crippen LogP contribution in [0, 0.1) is 0 Å². The van der Waals surface area contributed by atoms with Crippen molar-refractivity contribution in [3.8, 4) is 5.75 Å². The van der Waals surface area contributed by atoms with Crippen LogP contribution in [0.15, 0.2) is 41.8 Å². The number of nitrogens with zero attached hydrogens (tertiary/aromatic N) is 1. The van der Waals surface area contributed by atoms with Crippen LogP contribution >= 0.6 is 24.0 Å². The Bertz CT molecular complexity index is 682. The zero-order valence-electron chi connectivity index (χ0n) is 12.9. The van der Waals surface area contributed by atoms with Crippen LogP contribution in [-0.4, -0.2) is 34.2 Å². The van der Waals surface area contributed by atoms with Crippen LogP contribution in [0.3, 0.4) is 0 Å². The Morgan fingerprint density at radius 1 is 1.38 bits per heavy atom. The Morgan fingerprint density at radius 3 is 2.71 bits per heavy atom. The number of carbonyl (C=O) groups is 2. The Kier molecular flexibility index (Phi) is 6.57. The van der Waals surface area contributed by atoms with E-state index in [1.165, 1.54) is 16.7 Å². The summed E-state index contributed by atoms with van der Waals surface area (Å²) >= 11 is 6.41. The van der Waals surface area contributed by atoms with E-state index in [0.29, 0.717) is 22.3 Å². The summed E-state index contributed by atoms with van der Waals surface area (Å²) in [5, 5.41) is 10.5. The molecule has 1 aromatic carbocycles. The lowest BCUT2D eigenvalue weighted by atomic mass is 10.2. The van der Waals surface area contributed by atoms with Gasteiger partial charge in [0.05, 0.1) is 4.91 Å². The van der Waals surface area contributed by atoms with E-state index >= 15 is 0 Å². The molecule has 0 unspecified atom stereocenters. The van der Waals surface area contributed by atoms with Gasteiger partial charge in [0.2, 0.25) is 0 Å². The van der Waals surface area contributed by atoms with Crippen molar-refractivity contribution in [1.29, 1.82) is 0 Å². The highest BCUT2D eigenvalue weighted by Crippen LogP contribution is 2.32. The van der Waals surface area contributed by atoms with Crippen molar-refractivity contribution in [2.24, 2.45) is 0 Å². The van der Waals surface area contributed by atoms with Gasteiger partial charge in [-0.15, -0.1) is 0 Å². The standard InChI is InChI=1S/C17H17NO4S2/c1-2-10-22-13-7-5-12(6-8-13)11-14-16(21)18(17(23)24-14)9-3-4-15(19)20/h2,5-8,11H,1,3-4,9-10H2,(H,19,20)/p-1/b14-11-. The third kappa shape index (κ3) is 4.94. The Labute approximate surface area is 150 Å². The van der Waals surface area contributed by atoms with Gasteiger partial charge in [-0.1, -0.05) is 48.8 Å². The van der Waals surface area contributed by atoms with Gasteiger partial charge in [-0.2, -0.15) is 0 Å². The molecule has 1 saturated heterocycles. The fourth-order valence-corrected chi connectivity index (χ4v) is 3.35. The minimum Gasteiger partial charge on any atom is -0.550 e. The zero-order valence-corrected chi connectivity index (χ0v) is 14.5. The average Bonchev–Trinajstić information content (AvgIpc) is 2.81. The smallest absolute Gasteiger partial charge is 0.266 e. The summed E-state index contributed by atoms with van der Waals surface area (Å²) in [7, 11) is 0. The number of hydrogen-bond donors (Lipinski definition) is 0. The SMILES string of the molecule is C=CCOc1ccc(/C=C2\SC(=S)N(CCCC(=O)[O-])C2=O)cc1. The summed E-state index contributed by atoms with van der Waals surface area (Å²) < 4.78 is 5.85. The first-order valence-electron chi connectivity index (χ1n) is 7.30. The second kappa shape index (κ2) is 8.65. The normalized spacial score (nSPS) is 15.8. The molecule has 0 saturated carbocycles. The lowest BCUT2D eigenvalue weighted by Gasteiger charge is -2.14. The van der Waals surface area contributed by atoms with Crippen molar-refractivity contribution < 1.29 is 19.4 Å². The van der Waals surface area contributed by atoms with E-state index in [-0.39, 0.29) is 18.9 Å². The topological polar surface area (TPSA) is 69.7 Å². The van der Waals surface area contributed by atoms with Crippen molar-refractivity contribution in [1.82, 2.24) is 4.90 Å². The molecule has 0 spiro atoms. The Hall–Kier alpha value is -2.12. The van der Waals surface area contributed by atoms with Crippen molar-refractivity contribution >= 4 is 46.3 Å². The van der Waals surface area contributed by atoms with E-state index in [9.17, 15) is 14.7 Å². The molecular formula is C17H16NO4S2-. The van der Waals surface area contributed by atoms with Gasteiger partial charge in [0, 0.05) is 12.5 Å². The van der Waals surface area contributed by atoms with E-state index in [4.69, 9.17) is 17.0 Å². The molecule has 0 bridgehead atoms. The molecule has 1 amide bonds. The molecule has 1 aliphatic rings. The van der Waals surface area contributed by atoms with Gasteiger partial charge in [0.1, 0.15) is 16.7 Å². The maximum absolute atomic E-state index is 12.4. The third-order valence-electron chi connectivity index (χ3n) is 3.18. The molecule has 0 atom stereocenters. The zero-order chi connectivity index (χ0) is 17.5. The van der Waals surface area contributed by atoms with Gasteiger partial charge in [-0.05, 0) is 36.6 Å². The number of carbonyl (C=O) groups excluding carboxylic acids is 2. The number of thioether (sulfide) groups is 1. The number of carboxylic acids is 1. The lowest BCUT2D eigenvalue weighted by Crippen LogP contribution is -2.30. The van der Waals surface area contributed by atoms with Crippen molar-refractivity contribution in [2.75, 3.05) is 13.2 Å². The average molecular weight is 362 g/mol. The lowest BCUT2D eigenvalue weighted by molar-refractivity contribution is -0.305. The van der Waals surface area contributed by atoms with Crippen LogP contribution in [0.1, 0.15) is 18.4 Å². The molecule has 1 heterocycles. The molecular weight excluding hydrogens is 346 g/mol. The number of rotatable bonds is 8. The highest BCUT2D eigenvalue weighted by Gasteiger charge is 2.31. The van der Waals surface area contributed by atoms with Gasteiger partial charge in [-0.3, -0.25) is 9.69 Å². The molecule has 0 aromatic heterocycles. The summed E-state index contributed by atoms with van der Waals surface area (Å²) in [4.78, 5) is 24.8. The molecule has 0 N–H and O–H groups in total. The highest BCUT2D eigenvalue weighted by atomic mass is 32.2. The number of hydrogen-bond acceptors (Lipinski definition) is 6. The monoisotopic (exact) mass is 362 g/mol. The fourth-order valence-electron chi connectivity index (χ4n) is 2.04. The summed E-state index contributed by atoms with van der Waals surface area (Å²) in [6, 6.07) is 7.33. The second-order valence-corrected chi connectivity index (χ2v) is 6.65. The van der Waals surface area contributed by atoms with Crippen LogP contribution in [0.2, 0.25) is 0 Å². The number of carboxylic acid groups (broad SMARTS) is 1. The Balaban J connectivity index is 2.02. The number of amides is 1. The van der Waals surface area contributed by atoms with Crippen molar-refractivity contribution in [3.63, 3.8) is 0 Å². The molecule has 2 rings (SSSR count). The quantitative estimate of drug-likeness (QED) is 0.400. The van der Waals surface area contributed by atoms with Crippen LogP contribution in [-0.2, 0) is 9.59 Å². The number of ether oxygens (including phenoxy) is 1. The summed E-state index contributed by atoms with van der Waals surface area (Å²) in [6.07, 6.45) is 3.65. The summed E-state index contributed by atoms with van der Waals surface area (Å²) in [5.74, 6) is -0.605. The van der Waals surface area contributed by atoms with Gasteiger partial charge in [0.15, 0.2) is 0 Å².